The molecule has 0 amide bonds. The van der Waals surface area contributed by atoms with Gasteiger partial charge in [0.1, 0.15) is 11.3 Å². The van der Waals surface area contributed by atoms with Crippen LogP contribution < -0.4 is 10.9 Å². The lowest BCUT2D eigenvalue weighted by Gasteiger charge is -2.24. The molecule has 8 nitrogen and oxygen atoms in total. The van der Waals surface area contributed by atoms with Crippen molar-refractivity contribution in [3.8, 4) is 5.69 Å². The van der Waals surface area contributed by atoms with E-state index in [-0.39, 0.29) is 17.0 Å². The van der Waals surface area contributed by atoms with Gasteiger partial charge in [-0.1, -0.05) is 37.3 Å². The molecule has 1 atom stereocenters. The summed E-state index contributed by atoms with van der Waals surface area (Å²) in [5.41, 5.74) is 4.74. The number of anilines is 1. The maximum absolute atomic E-state index is 14.1. The molecular formula is C25H24FN7O. The van der Waals surface area contributed by atoms with Crippen molar-refractivity contribution in [1.29, 1.82) is 0 Å². The van der Waals surface area contributed by atoms with Crippen LogP contribution in [0, 0.1) is 26.8 Å². The highest BCUT2D eigenvalue weighted by atomic mass is 19.1. The monoisotopic (exact) mass is 457 g/mol. The summed E-state index contributed by atoms with van der Waals surface area (Å²) in [5.74, 6) is 0.785. The predicted octanol–water partition coefficient (Wildman–Crippen LogP) is 4.68. The van der Waals surface area contributed by atoms with Gasteiger partial charge in [-0.15, -0.1) is 0 Å². The number of hydrogen-bond acceptors (Lipinski definition) is 6. The number of fused-ring (bicyclic) bond motifs is 2. The maximum atomic E-state index is 14.1. The van der Waals surface area contributed by atoms with Crippen LogP contribution in [0.4, 0.5) is 10.2 Å². The van der Waals surface area contributed by atoms with Crippen molar-refractivity contribution >= 4 is 27.9 Å². The van der Waals surface area contributed by atoms with Gasteiger partial charge in [0.2, 0.25) is 0 Å². The number of nitrogens with zero attached hydrogens (tertiary/aromatic N) is 5. The van der Waals surface area contributed by atoms with Crippen molar-refractivity contribution in [2.24, 2.45) is 0 Å². The molecule has 9 heteroatoms. The summed E-state index contributed by atoms with van der Waals surface area (Å²) >= 11 is 0. The Labute approximate surface area is 194 Å². The molecule has 5 rings (SSSR count). The average molecular weight is 458 g/mol. The Kier molecular flexibility index (Phi) is 5.31. The van der Waals surface area contributed by atoms with Crippen molar-refractivity contribution in [3.05, 3.63) is 81.7 Å². The van der Waals surface area contributed by atoms with Crippen molar-refractivity contribution < 1.29 is 4.39 Å². The Morgan fingerprint density at radius 1 is 1.03 bits per heavy atom. The van der Waals surface area contributed by atoms with E-state index in [4.69, 9.17) is 4.98 Å². The second-order valence-electron chi connectivity index (χ2n) is 8.37. The van der Waals surface area contributed by atoms with Crippen molar-refractivity contribution in [2.75, 3.05) is 5.32 Å². The van der Waals surface area contributed by atoms with Crippen LogP contribution in [-0.4, -0.2) is 29.5 Å². The van der Waals surface area contributed by atoms with E-state index in [2.05, 4.69) is 25.3 Å². The number of aromatic amines is 1. The number of H-pyrrole nitrogens is 1. The Morgan fingerprint density at radius 3 is 2.47 bits per heavy atom. The van der Waals surface area contributed by atoms with Gasteiger partial charge >= 0.3 is 6.08 Å². The molecule has 0 aliphatic carbocycles. The number of hydrogen-bond donors (Lipinski definition) is 2. The topological polar surface area (TPSA) is 101 Å². The average Bonchev–Trinajstić information content (AvgIpc) is 3.27. The quantitative estimate of drug-likeness (QED) is 0.372. The fraction of sp³-hybridized carbons (Fsp3) is 0.240. The molecule has 34 heavy (non-hydrogen) atoms. The maximum Gasteiger partial charge on any atom is 0.312 e. The largest absolute Gasteiger partial charge is 0.358 e. The molecule has 3 aromatic heterocycles. The zero-order chi connectivity index (χ0) is 24.0. The van der Waals surface area contributed by atoms with E-state index in [0.717, 1.165) is 22.4 Å². The van der Waals surface area contributed by atoms with E-state index in [1.807, 2.05) is 64.1 Å². The second kappa shape index (κ2) is 8.33. The number of benzene rings is 2. The standard InChI is InChI=1S/C25H24FN7O/c1-5-16(29-22-19-21(28-12-27-19)31-25(26)32-22)23-30-17-11-7-8-13(2)18(17)24(34)33(23)20-14(3)9-6-10-15(20)4/h6-12,16H,5H2,1-4H3,(H2,27,28,29,31,32). The minimum atomic E-state index is -0.883. The molecular weight excluding hydrogens is 433 g/mol. The number of aromatic nitrogens is 6. The summed E-state index contributed by atoms with van der Waals surface area (Å²) in [4.78, 5) is 33.6. The number of imidazole rings is 1. The normalized spacial score (nSPS) is 12.4. The van der Waals surface area contributed by atoms with E-state index in [9.17, 15) is 9.18 Å². The molecule has 0 saturated carbocycles. The Balaban J connectivity index is 1.79. The van der Waals surface area contributed by atoms with E-state index in [1.54, 1.807) is 4.57 Å². The number of halogens is 1. The summed E-state index contributed by atoms with van der Waals surface area (Å²) in [7, 11) is 0. The van der Waals surface area contributed by atoms with Gasteiger partial charge in [0.15, 0.2) is 11.5 Å². The lowest BCUT2D eigenvalue weighted by Crippen LogP contribution is -2.29. The lowest BCUT2D eigenvalue weighted by molar-refractivity contribution is 0.543. The Bertz CT molecular complexity index is 1580. The molecule has 0 aliphatic heterocycles. The first-order valence-corrected chi connectivity index (χ1v) is 11.1. The second-order valence-corrected chi connectivity index (χ2v) is 8.37. The summed E-state index contributed by atoms with van der Waals surface area (Å²) < 4.78 is 15.8. The van der Waals surface area contributed by atoms with E-state index in [1.165, 1.54) is 6.33 Å². The van der Waals surface area contributed by atoms with Crippen molar-refractivity contribution in [3.63, 3.8) is 0 Å². The summed E-state index contributed by atoms with van der Waals surface area (Å²) in [6.45, 7) is 7.83. The molecule has 2 aromatic carbocycles. The highest BCUT2D eigenvalue weighted by Crippen LogP contribution is 2.28. The zero-order valence-corrected chi connectivity index (χ0v) is 19.3. The van der Waals surface area contributed by atoms with Gasteiger partial charge in [-0.05, 0) is 49.9 Å². The van der Waals surface area contributed by atoms with Crippen LogP contribution in [0.2, 0.25) is 0 Å². The van der Waals surface area contributed by atoms with Crippen molar-refractivity contribution in [2.45, 2.75) is 40.2 Å². The first-order valence-electron chi connectivity index (χ1n) is 11.1. The molecule has 172 valence electrons. The lowest BCUT2D eigenvalue weighted by atomic mass is 10.1. The zero-order valence-electron chi connectivity index (χ0n) is 19.3. The number of para-hydroxylation sites is 1. The number of aryl methyl sites for hydroxylation is 3. The Hall–Kier alpha value is -4.14. The van der Waals surface area contributed by atoms with E-state index in [0.29, 0.717) is 28.7 Å². The van der Waals surface area contributed by atoms with Gasteiger partial charge in [-0.25, -0.2) is 9.97 Å². The van der Waals surface area contributed by atoms with Crippen LogP contribution in [0.25, 0.3) is 27.8 Å². The van der Waals surface area contributed by atoms with Gasteiger partial charge in [0.25, 0.3) is 5.56 Å². The van der Waals surface area contributed by atoms with E-state index >= 15 is 0 Å². The van der Waals surface area contributed by atoms with Gasteiger partial charge in [0.05, 0.1) is 29.0 Å². The third-order valence-corrected chi connectivity index (χ3v) is 6.08. The molecule has 0 aliphatic rings. The molecule has 0 spiro atoms. The molecule has 2 N–H and O–H groups in total. The van der Waals surface area contributed by atoms with Gasteiger partial charge in [0, 0.05) is 0 Å². The third-order valence-electron chi connectivity index (χ3n) is 6.08. The van der Waals surface area contributed by atoms with Crippen LogP contribution >= 0.6 is 0 Å². The molecule has 0 radical (unpaired) electrons. The minimum Gasteiger partial charge on any atom is -0.358 e. The van der Waals surface area contributed by atoms with Crippen LogP contribution in [0.5, 0.6) is 0 Å². The molecule has 0 saturated heterocycles. The summed E-state index contributed by atoms with van der Waals surface area (Å²) in [6.07, 6.45) is 1.12. The van der Waals surface area contributed by atoms with Gasteiger partial charge < -0.3 is 10.3 Å². The molecule has 5 aromatic rings. The number of rotatable bonds is 5. The molecule has 3 heterocycles. The number of nitrogens with one attached hydrogen (secondary N) is 2. The Morgan fingerprint density at radius 2 is 1.74 bits per heavy atom. The molecule has 1 unspecified atom stereocenters. The van der Waals surface area contributed by atoms with Crippen LogP contribution in [0.3, 0.4) is 0 Å². The van der Waals surface area contributed by atoms with E-state index < -0.39 is 12.1 Å². The fourth-order valence-electron chi connectivity index (χ4n) is 4.45. The van der Waals surface area contributed by atoms with Crippen LogP contribution in [-0.2, 0) is 0 Å². The first kappa shape index (κ1) is 21.7. The summed E-state index contributed by atoms with van der Waals surface area (Å²) in [5, 5.41) is 3.86. The minimum absolute atomic E-state index is 0.142. The van der Waals surface area contributed by atoms with Gasteiger partial charge in [-0.2, -0.15) is 14.4 Å². The fourth-order valence-corrected chi connectivity index (χ4v) is 4.45. The van der Waals surface area contributed by atoms with Crippen molar-refractivity contribution in [1.82, 2.24) is 29.5 Å². The molecule has 0 bridgehead atoms. The molecule has 0 fully saturated rings. The highest BCUT2D eigenvalue weighted by molar-refractivity contribution is 5.83. The first-order chi connectivity index (χ1) is 16.4. The van der Waals surface area contributed by atoms with Crippen LogP contribution in [0.15, 0.2) is 47.5 Å². The van der Waals surface area contributed by atoms with Crippen LogP contribution in [0.1, 0.15) is 41.9 Å². The predicted molar refractivity (Wildman–Crippen MR) is 130 cm³/mol. The summed E-state index contributed by atoms with van der Waals surface area (Å²) in [6, 6.07) is 11.1. The SMILES string of the molecule is CCC(Nc1nc(F)nc2nc[nH]c12)c1nc2cccc(C)c2c(=O)n1-c1c(C)cccc1C. The van der Waals surface area contributed by atoms with Gasteiger partial charge in [-0.3, -0.25) is 9.36 Å². The smallest absolute Gasteiger partial charge is 0.312 e. The highest BCUT2D eigenvalue weighted by Gasteiger charge is 2.24. The third kappa shape index (κ3) is 3.49.